The molecule has 0 saturated carbocycles. The first kappa shape index (κ1) is 33.1. The Morgan fingerprint density at radius 2 is 1.77 bits per heavy atom. The Kier molecular flexibility index (Phi) is 9.55. The summed E-state index contributed by atoms with van der Waals surface area (Å²) in [6.45, 7) is 10.1. The number of morpholine rings is 1. The molecule has 244 valence electrons. The van der Waals surface area contributed by atoms with Crippen LogP contribution in [0.25, 0.3) is 5.69 Å². The number of ether oxygens (including phenoxy) is 2. The molecule has 3 N–H and O–H groups in total. The van der Waals surface area contributed by atoms with Crippen LogP contribution in [0, 0.1) is 23.5 Å². The first-order valence-electron chi connectivity index (χ1n) is 14.9. The molecule has 0 atom stereocenters. The summed E-state index contributed by atoms with van der Waals surface area (Å²) in [6, 6.07) is 9.55. The maximum absolute atomic E-state index is 15.3. The van der Waals surface area contributed by atoms with Crippen molar-refractivity contribution in [2.24, 2.45) is 0 Å². The smallest absolute Gasteiger partial charge is 0.335 e. The molecule has 2 aromatic carbocycles. The molecule has 2 aromatic heterocycles. The molecule has 1 amide bonds. The van der Waals surface area contributed by atoms with Crippen molar-refractivity contribution in [1.82, 2.24) is 19.0 Å². The second kappa shape index (κ2) is 13.6. The van der Waals surface area contributed by atoms with Crippen LogP contribution in [0.1, 0.15) is 49.7 Å². The Balaban J connectivity index is 1.40. The monoisotopic (exact) mass is 644 g/mol. The number of aromatic nitrogens is 3. The number of hydrogen-bond donors (Lipinski definition) is 2. The van der Waals surface area contributed by atoms with Gasteiger partial charge in [0.15, 0.2) is 11.6 Å². The number of amides is 1. The minimum absolute atomic E-state index is 0.0244. The SMILES string of the molecule is CC(C)n1cc(C(=O)Nc2ccc(Oc3ccnc(N)c3C#CC(C)(C)N3CCOCC3)c(F)c2)c(=O)n(-c2ccc(F)cc2)c1=O. The van der Waals surface area contributed by atoms with Crippen molar-refractivity contribution in [3.05, 3.63) is 105 Å². The van der Waals surface area contributed by atoms with Crippen molar-refractivity contribution in [2.75, 3.05) is 37.4 Å². The van der Waals surface area contributed by atoms with Crippen LogP contribution in [0.4, 0.5) is 20.3 Å². The van der Waals surface area contributed by atoms with E-state index in [9.17, 15) is 18.8 Å². The zero-order chi connectivity index (χ0) is 33.9. The molecule has 11 nitrogen and oxygen atoms in total. The van der Waals surface area contributed by atoms with E-state index in [1.165, 1.54) is 41.1 Å². The number of pyridine rings is 1. The van der Waals surface area contributed by atoms with Gasteiger partial charge in [0, 0.05) is 49.3 Å². The molecule has 0 unspecified atom stereocenters. The maximum Gasteiger partial charge on any atom is 0.335 e. The molecule has 1 fully saturated rings. The normalized spacial score (nSPS) is 13.6. The van der Waals surface area contributed by atoms with E-state index < -0.39 is 40.4 Å². The minimum Gasteiger partial charge on any atom is -0.453 e. The molecule has 5 rings (SSSR count). The first-order chi connectivity index (χ1) is 22.4. The van der Waals surface area contributed by atoms with Crippen LogP contribution in [-0.2, 0) is 4.74 Å². The van der Waals surface area contributed by atoms with Gasteiger partial charge in [-0.1, -0.05) is 11.8 Å². The van der Waals surface area contributed by atoms with Crippen LogP contribution in [-0.4, -0.2) is 56.8 Å². The molecule has 0 radical (unpaired) electrons. The van der Waals surface area contributed by atoms with Crippen LogP contribution in [0.3, 0.4) is 0 Å². The van der Waals surface area contributed by atoms with Gasteiger partial charge in [0.1, 0.15) is 28.5 Å². The van der Waals surface area contributed by atoms with Crippen molar-refractivity contribution in [2.45, 2.75) is 39.3 Å². The third-order valence-corrected chi connectivity index (χ3v) is 7.65. The van der Waals surface area contributed by atoms with Gasteiger partial charge in [-0.25, -0.2) is 23.1 Å². The highest BCUT2D eigenvalue weighted by atomic mass is 19.1. The number of hydrogen-bond acceptors (Lipinski definition) is 8. The second-order valence-electron chi connectivity index (χ2n) is 11.6. The van der Waals surface area contributed by atoms with Crippen molar-refractivity contribution in [3.63, 3.8) is 0 Å². The van der Waals surface area contributed by atoms with E-state index in [1.54, 1.807) is 13.8 Å². The number of nitrogens with zero attached hydrogens (tertiary/aromatic N) is 4. The zero-order valence-corrected chi connectivity index (χ0v) is 26.3. The summed E-state index contributed by atoms with van der Waals surface area (Å²) >= 11 is 0. The highest BCUT2D eigenvalue weighted by Crippen LogP contribution is 2.31. The lowest BCUT2D eigenvalue weighted by Gasteiger charge is -2.37. The van der Waals surface area contributed by atoms with E-state index in [-0.39, 0.29) is 34.3 Å². The number of halogens is 2. The van der Waals surface area contributed by atoms with E-state index >= 15 is 4.39 Å². The number of rotatable bonds is 7. The fraction of sp³-hybridized carbons (Fsp3) is 0.294. The van der Waals surface area contributed by atoms with Gasteiger partial charge in [-0.2, -0.15) is 0 Å². The number of anilines is 2. The van der Waals surface area contributed by atoms with Crippen molar-refractivity contribution in [1.29, 1.82) is 0 Å². The lowest BCUT2D eigenvalue weighted by Crippen LogP contribution is -2.49. The van der Waals surface area contributed by atoms with Crippen LogP contribution in [0.15, 0.2) is 70.5 Å². The van der Waals surface area contributed by atoms with Crippen molar-refractivity contribution < 1.29 is 23.0 Å². The fourth-order valence-corrected chi connectivity index (χ4v) is 4.98. The average molecular weight is 645 g/mol. The Hall–Kier alpha value is -5.32. The molecular weight excluding hydrogens is 610 g/mol. The van der Waals surface area contributed by atoms with Gasteiger partial charge >= 0.3 is 5.69 Å². The predicted octanol–water partition coefficient (Wildman–Crippen LogP) is 4.34. The van der Waals surface area contributed by atoms with Crippen LogP contribution in [0.2, 0.25) is 0 Å². The summed E-state index contributed by atoms with van der Waals surface area (Å²) in [7, 11) is 0. The largest absolute Gasteiger partial charge is 0.453 e. The van der Waals surface area contributed by atoms with Gasteiger partial charge in [0.25, 0.3) is 11.5 Å². The molecule has 13 heteroatoms. The summed E-state index contributed by atoms with van der Waals surface area (Å²) < 4.78 is 42.2. The molecule has 1 saturated heterocycles. The Morgan fingerprint density at radius 3 is 2.43 bits per heavy atom. The molecule has 1 aliphatic heterocycles. The number of carbonyl (C=O) groups is 1. The second-order valence-corrected chi connectivity index (χ2v) is 11.6. The summed E-state index contributed by atoms with van der Waals surface area (Å²) in [6.07, 6.45) is 2.57. The average Bonchev–Trinajstić information content (AvgIpc) is 3.03. The number of benzene rings is 2. The third kappa shape index (κ3) is 7.24. The van der Waals surface area contributed by atoms with Crippen LogP contribution >= 0.6 is 0 Å². The predicted molar refractivity (Wildman–Crippen MR) is 173 cm³/mol. The van der Waals surface area contributed by atoms with E-state index in [4.69, 9.17) is 15.2 Å². The van der Waals surface area contributed by atoms with Gasteiger partial charge in [0.2, 0.25) is 0 Å². The molecule has 47 heavy (non-hydrogen) atoms. The molecule has 0 bridgehead atoms. The minimum atomic E-state index is -0.919. The Bertz CT molecular complexity index is 1990. The lowest BCUT2D eigenvalue weighted by atomic mass is 10.0. The first-order valence-corrected chi connectivity index (χ1v) is 14.9. The molecule has 1 aliphatic rings. The highest BCUT2D eigenvalue weighted by Gasteiger charge is 2.26. The summed E-state index contributed by atoms with van der Waals surface area (Å²) in [5.74, 6) is 4.16. The van der Waals surface area contributed by atoms with E-state index in [1.807, 2.05) is 13.8 Å². The number of nitrogens with two attached hydrogens (primary N) is 1. The van der Waals surface area contributed by atoms with Gasteiger partial charge in [-0.3, -0.25) is 19.1 Å². The summed E-state index contributed by atoms with van der Waals surface area (Å²) in [5, 5.41) is 2.50. The van der Waals surface area contributed by atoms with Gasteiger partial charge in [-0.15, -0.1) is 0 Å². The third-order valence-electron chi connectivity index (χ3n) is 7.65. The molecule has 4 aromatic rings. The molecule has 0 spiro atoms. The summed E-state index contributed by atoms with van der Waals surface area (Å²) in [4.78, 5) is 46.0. The quantitative estimate of drug-likeness (QED) is 0.284. The van der Waals surface area contributed by atoms with Gasteiger partial charge in [0.05, 0.1) is 24.4 Å². The fourth-order valence-electron chi connectivity index (χ4n) is 4.98. The topological polar surface area (TPSA) is 134 Å². The van der Waals surface area contributed by atoms with Crippen LogP contribution in [0.5, 0.6) is 11.5 Å². The van der Waals surface area contributed by atoms with Crippen LogP contribution < -0.4 is 27.0 Å². The Morgan fingerprint density at radius 1 is 1.06 bits per heavy atom. The standard InChI is InChI=1S/C34H34F2N6O5/c1-21(2)41-20-26(32(44)42(33(41)45)24-8-5-22(35)6-9-24)31(43)39-23-7-10-29(27(36)19-23)47-28-12-14-38-30(37)25(28)11-13-34(3,4)40-15-17-46-18-16-40/h5-10,12,14,19-21H,15-18H2,1-4H3,(H2,37,38)(H,39,43). The maximum atomic E-state index is 15.3. The van der Waals surface area contributed by atoms with Crippen molar-refractivity contribution >= 4 is 17.4 Å². The summed E-state index contributed by atoms with van der Waals surface area (Å²) in [5.41, 5.74) is 4.03. The van der Waals surface area contributed by atoms with E-state index in [0.717, 1.165) is 42.1 Å². The number of nitrogen functional groups attached to an aromatic ring is 1. The van der Waals surface area contributed by atoms with Gasteiger partial charge in [-0.05, 0) is 64.1 Å². The molecule has 3 heterocycles. The van der Waals surface area contributed by atoms with Gasteiger partial charge < -0.3 is 20.5 Å². The number of nitrogens with one attached hydrogen (secondary N) is 1. The molecular formula is C34H34F2N6O5. The Labute approximate surface area is 269 Å². The lowest BCUT2D eigenvalue weighted by molar-refractivity contribution is 0.00739. The van der Waals surface area contributed by atoms with E-state index in [2.05, 4.69) is 27.0 Å². The van der Waals surface area contributed by atoms with Crippen molar-refractivity contribution in [3.8, 4) is 29.0 Å². The zero-order valence-electron chi connectivity index (χ0n) is 26.3. The highest BCUT2D eigenvalue weighted by molar-refractivity contribution is 6.03. The number of carbonyl (C=O) groups excluding carboxylic acids is 1. The molecule has 0 aliphatic carbocycles. The van der Waals surface area contributed by atoms with E-state index in [0.29, 0.717) is 18.8 Å².